The molecular formula is C24H18F3N5O2S. The minimum absolute atomic E-state index is 0.0627. The first-order valence-electron chi connectivity index (χ1n) is 10.9. The van der Waals surface area contributed by atoms with Crippen LogP contribution in [0.25, 0.3) is 33.2 Å². The monoisotopic (exact) mass is 497 g/mol. The van der Waals surface area contributed by atoms with E-state index in [1.54, 1.807) is 24.3 Å². The van der Waals surface area contributed by atoms with Gasteiger partial charge in [0.1, 0.15) is 17.5 Å². The number of aromatic nitrogens is 4. The van der Waals surface area contributed by atoms with Crippen molar-refractivity contribution in [1.82, 2.24) is 24.9 Å². The number of sulfonamides is 1. The van der Waals surface area contributed by atoms with Crippen molar-refractivity contribution in [3.8, 4) is 11.3 Å². The molecule has 35 heavy (non-hydrogen) atoms. The molecule has 1 fully saturated rings. The van der Waals surface area contributed by atoms with Gasteiger partial charge in [-0.15, -0.1) is 0 Å². The van der Waals surface area contributed by atoms with Gasteiger partial charge >= 0.3 is 0 Å². The lowest BCUT2D eigenvalue weighted by Crippen LogP contribution is -2.43. The average molecular weight is 498 g/mol. The van der Waals surface area contributed by atoms with Gasteiger partial charge in [0.25, 0.3) is 10.0 Å². The third-order valence-corrected chi connectivity index (χ3v) is 7.92. The number of hydrogen-bond acceptors (Lipinski definition) is 4. The molecular weight excluding hydrogens is 479 g/mol. The molecule has 0 amide bonds. The lowest BCUT2D eigenvalue weighted by atomic mass is 9.74. The van der Waals surface area contributed by atoms with Crippen LogP contribution in [0.3, 0.4) is 0 Å². The van der Waals surface area contributed by atoms with Crippen LogP contribution in [0.4, 0.5) is 13.2 Å². The molecule has 3 N–H and O–H groups in total. The highest BCUT2D eigenvalue weighted by Gasteiger charge is 2.37. The van der Waals surface area contributed by atoms with Gasteiger partial charge in [0, 0.05) is 23.7 Å². The number of rotatable bonds is 5. The number of aromatic amines is 2. The molecule has 3 aromatic heterocycles. The van der Waals surface area contributed by atoms with Crippen LogP contribution in [-0.2, 0) is 10.0 Å². The Morgan fingerprint density at radius 2 is 1.74 bits per heavy atom. The number of H-pyrrole nitrogens is 2. The number of fused-ring (bicyclic) bond motifs is 2. The van der Waals surface area contributed by atoms with Gasteiger partial charge < -0.3 is 4.98 Å². The van der Waals surface area contributed by atoms with Crippen molar-refractivity contribution in [3.63, 3.8) is 0 Å². The van der Waals surface area contributed by atoms with Crippen molar-refractivity contribution in [3.05, 3.63) is 77.7 Å². The molecule has 0 saturated heterocycles. The van der Waals surface area contributed by atoms with Crippen molar-refractivity contribution in [2.24, 2.45) is 0 Å². The van der Waals surface area contributed by atoms with Crippen LogP contribution in [0.5, 0.6) is 0 Å². The highest BCUT2D eigenvalue weighted by molar-refractivity contribution is 7.89. The van der Waals surface area contributed by atoms with E-state index in [4.69, 9.17) is 0 Å². The summed E-state index contributed by atoms with van der Waals surface area (Å²) in [5.41, 5.74) is 2.31. The van der Waals surface area contributed by atoms with E-state index in [1.165, 1.54) is 24.4 Å². The molecule has 6 rings (SSSR count). The molecule has 7 nitrogen and oxygen atoms in total. The quantitative estimate of drug-likeness (QED) is 0.326. The van der Waals surface area contributed by atoms with Gasteiger partial charge in [0.15, 0.2) is 10.7 Å². The van der Waals surface area contributed by atoms with Crippen LogP contribution in [-0.4, -0.2) is 34.6 Å². The number of halogens is 3. The second-order valence-electron chi connectivity index (χ2n) is 8.64. The summed E-state index contributed by atoms with van der Waals surface area (Å²) in [6.07, 6.45) is 2.36. The minimum atomic E-state index is -3.90. The van der Waals surface area contributed by atoms with E-state index in [1.807, 2.05) is 0 Å². The summed E-state index contributed by atoms with van der Waals surface area (Å²) >= 11 is 0. The first-order valence-corrected chi connectivity index (χ1v) is 12.4. The van der Waals surface area contributed by atoms with Crippen LogP contribution < -0.4 is 4.72 Å². The Hall–Kier alpha value is -3.70. The lowest BCUT2D eigenvalue weighted by molar-refractivity contribution is 0.328. The van der Waals surface area contributed by atoms with Gasteiger partial charge in [-0.1, -0.05) is 0 Å². The van der Waals surface area contributed by atoms with Gasteiger partial charge in [0.05, 0.1) is 16.6 Å². The molecule has 5 aromatic rings. The van der Waals surface area contributed by atoms with Crippen LogP contribution in [0.2, 0.25) is 0 Å². The van der Waals surface area contributed by atoms with E-state index in [0.717, 1.165) is 6.07 Å². The molecule has 1 saturated carbocycles. The standard InChI is InChI=1S/C24H18F3N5O2S/c25-14-5-3-12(4-6-14)21-20(18-10-15(26)11-19(27)22(18)29-21)13-8-16(9-13)32-35(33,34)24-17-2-1-7-28-23(17)30-31-24/h1-7,10-11,13,16,29,32H,8-9H2,(H,28,30,31). The van der Waals surface area contributed by atoms with Gasteiger partial charge in [-0.25, -0.2) is 31.3 Å². The molecule has 1 aliphatic rings. The number of nitrogens with one attached hydrogen (secondary N) is 3. The fourth-order valence-corrected chi connectivity index (χ4v) is 6.13. The second kappa shape index (κ2) is 7.92. The van der Waals surface area contributed by atoms with Gasteiger partial charge in [-0.2, -0.15) is 5.10 Å². The van der Waals surface area contributed by atoms with Crippen LogP contribution >= 0.6 is 0 Å². The predicted molar refractivity (Wildman–Crippen MR) is 124 cm³/mol. The summed E-state index contributed by atoms with van der Waals surface area (Å²) in [5, 5.41) is 7.18. The van der Waals surface area contributed by atoms with Crippen molar-refractivity contribution in [2.45, 2.75) is 29.8 Å². The summed E-state index contributed by atoms with van der Waals surface area (Å²) in [4.78, 5) is 7.07. The molecule has 178 valence electrons. The van der Waals surface area contributed by atoms with Crippen molar-refractivity contribution in [1.29, 1.82) is 0 Å². The Bertz CT molecular complexity index is 1690. The summed E-state index contributed by atoms with van der Waals surface area (Å²) in [6.45, 7) is 0. The van der Waals surface area contributed by atoms with Gasteiger partial charge in [-0.3, -0.25) is 5.10 Å². The fraction of sp³-hybridized carbons (Fsp3) is 0.167. The second-order valence-corrected chi connectivity index (χ2v) is 10.3. The third kappa shape index (κ3) is 3.67. The number of benzene rings is 2. The maximum Gasteiger partial charge on any atom is 0.258 e. The predicted octanol–water partition coefficient (Wildman–Crippen LogP) is 4.75. The molecule has 2 aromatic carbocycles. The normalized spacial score (nSPS) is 18.3. The first kappa shape index (κ1) is 21.8. The zero-order chi connectivity index (χ0) is 24.3. The molecule has 11 heteroatoms. The van der Waals surface area contributed by atoms with E-state index in [2.05, 4.69) is 24.9 Å². The summed E-state index contributed by atoms with van der Waals surface area (Å²) < 4.78 is 70.8. The molecule has 3 heterocycles. The summed E-state index contributed by atoms with van der Waals surface area (Å²) in [7, 11) is -3.90. The van der Waals surface area contributed by atoms with Crippen molar-refractivity contribution >= 4 is 32.0 Å². The molecule has 1 aliphatic carbocycles. The molecule has 0 radical (unpaired) electrons. The molecule has 0 unspecified atom stereocenters. The molecule has 0 bridgehead atoms. The van der Waals surface area contributed by atoms with Crippen LogP contribution in [0.15, 0.2) is 59.8 Å². The van der Waals surface area contributed by atoms with E-state index < -0.39 is 27.5 Å². The lowest BCUT2D eigenvalue weighted by Gasteiger charge is -2.36. The summed E-state index contributed by atoms with van der Waals surface area (Å²) in [5.74, 6) is -2.02. The Morgan fingerprint density at radius 1 is 0.971 bits per heavy atom. The van der Waals surface area contributed by atoms with Gasteiger partial charge in [0.2, 0.25) is 0 Å². The maximum atomic E-state index is 14.6. The molecule has 0 spiro atoms. The zero-order valence-corrected chi connectivity index (χ0v) is 18.8. The summed E-state index contributed by atoms with van der Waals surface area (Å²) in [6, 6.07) is 10.6. The number of pyridine rings is 1. The first-order chi connectivity index (χ1) is 16.8. The fourth-order valence-electron chi connectivity index (χ4n) is 4.77. The Labute approximate surface area is 197 Å². The Morgan fingerprint density at radius 3 is 2.51 bits per heavy atom. The number of nitrogens with zero attached hydrogens (tertiary/aromatic N) is 2. The van der Waals surface area contributed by atoms with Gasteiger partial charge in [-0.05, 0) is 72.4 Å². The molecule has 0 aliphatic heterocycles. The van der Waals surface area contributed by atoms with E-state index >= 15 is 0 Å². The highest BCUT2D eigenvalue weighted by Crippen LogP contribution is 2.46. The van der Waals surface area contributed by atoms with Crippen molar-refractivity contribution < 1.29 is 21.6 Å². The third-order valence-electron chi connectivity index (χ3n) is 6.43. The van der Waals surface area contributed by atoms with Crippen molar-refractivity contribution in [2.75, 3.05) is 0 Å². The average Bonchev–Trinajstić information content (AvgIpc) is 3.39. The minimum Gasteiger partial charge on any atom is -0.352 e. The zero-order valence-electron chi connectivity index (χ0n) is 18.0. The SMILES string of the molecule is O=S(=O)(NC1CC(c2c(-c3ccc(F)cc3)[nH]c3c(F)cc(F)cc23)C1)c1[nH]nc2ncccc12. The van der Waals surface area contributed by atoms with E-state index in [0.29, 0.717) is 46.1 Å². The number of hydrogen-bond donors (Lipinski definition) is 3. The maximum absolute atomic E-state index is 14.6. The van der Waals surface area contributed by atoms with E-state index in [9.17, 15) is 21.6 Å². The smallest absolute Gasteiger partial charge is 0.258 e. The topological polar surface area (TPSA) is 104 Å². The molecule has 0 atom stereocenters. The highest BCUT2D eigenvalue weighted by atomic mass is 32.2. The van der Waals surface area contributed by atoms with Crippen LogP contribution in [0.1, 0.15) is 24.3 Å². The largest absolute Gasteiger partial charge is 0.352 e. The Balaban J connectivity index is 1.32. The van der Waals surface area contributed by atoms with E-state index in [-0.39, 0.29) is 22.5 Å². The van der Waals surface area contributed by atoms with Crippen LogP contribution in [0, 0.1) is 17.5 Å². The Kier molecular flexibility index (Phi) is 4.94.